The van der Waals surface area contributed by atoms with Crippen LogP contribution in [0.2, 0.25) is 0 Å². The van der Waals surface area contributed by atoms with Crippen LogP contribution in [0.25, 0.3) is 6.08 Å². The fourth-order valence-electron chi connectivity index (χ4n) is 4.51. The van der Waals surface area contributed by atoms with Gasteiger partial charge < -0.3 is 34.2 Å². The maximum absolute atomic E-state index is 14.1. The largest absolute Gasteiger partial charge is 0.388 e. The number of halogens is 1. The standard InChI is InChI=1S/C28H43FN2O7/c1-20(2)15-22-16-30(27(34)19-36-3)17-25(37-4)28(35)24(32)18-38-14-8-7-13-31(22)26(33)12-11-21-9-5-6-10-23(21)29/h5-6,9-12,20,22,24-25,28,32,35H,7-8,13-19H2,1-4H3/b12-11+/t22-,24+,25+,28+/m0/s1. The number of hydrogen-bond donors (Lipinski definition) is 2. The molecule has 2 N–H and O–H groups in total. The van der Waals surface area contributed by atoms with Gasteiger partial charge in [0, 0.05) is 58.1 Å². The van der Waals surface area contributed by atoms with E-state index < -0.39 is 24.1 Å². The van der Waals surface area contributed by atoms with Crippen molar-refractivity contribution in [3.8, 4) is 0 Å². The fraction of sp³-hybridized carbons (Fsp3) is 0.643. The van der Waals surface area contributed by atoms with Gasteiger partial charge >= 0.3 is 0 Å². The zero-order valence-electron chi connectivity index (χ0n) is 22.9. The van der Waals surface area contributed by atoms with Crippen LogP contribution in [0.15, 0.2) is 30.3 Å². The Morgan fingerprint density at radius 2 is 1.92 bits per heavy atom. The number of nitrogens with zero attached hydrogens (tertiary/aromatic N) is 2. The third-order valence-electron chi connectivity index (χ3n) is 6.53. The highest BCUT2D eigenvalue weighted by molar-refractivity contribution is 5.92. The Hall–Kier alpha value is -2.37. The van der Waals surface area contributed by atoms with Gasteiger partial charge in [0.1, 0.15) is 30.7 Å². The predicted molar refractivity (Wildman–Crippen MR) is 142 cm³/mol. The Labute approximate surface area is 225 Å². The first-order valence-corrected chi connectivity index (χ1v) is 13.1. The SMILES string of the molecule is COCC(=O)N1C[C@H](CC(C)C)N(C(=O)/C=C/c2ccccc2F)CCCCOC[C@@H](O)[C@@H](O)[C@H](OC)C1. The molecule has 38 heavy (non-hydrogen) atoms. The molecule has 10 heteroatoms. The molecule has 0 radical (unpaired) electrons. The lowest BCUT2D eigenvalue weighted by molar-refractivity contribution is -0.145. The van der Waals surface area contributed by atoms with E-state index in [1.165, 1.54) is 37.3 Å². The number of rotatable bonds is 7. The lowest BCUT2D eigenvalue weighted by Crippen LogP contribution is -2.54. The normalized spacial score (nSPS) is 24.5. The van der Waals surface area contributed by atoms with Crippen LogP contribution in [-0.2, 0) is 23.8 Å². The van der Waals surface area contributed by atoms with Crippen molar-refractivity contribution in [3.05, 3.63) is 41.7 Å². The van der Waals surface area contributed by atoms with Gasteiger partial charge in [-0.3, -0.25) is 9.59 Å². The first-order chi connectivity index (χ1) is 18.2. The van der Waals surface area contributed by atoms with Crippen molar-refractivity contribution >= 4 is 17.9 Å². The molecule has 4 atom stereocenters. The van der Waals surface area contributed by atoms with Crippen molar-refractivity contribution in [3.63, 3.8) is 0 Å². The lowest BCUT2D eigenvalue weighted by atomic mass is 10.00. The van der Waals surface area contributed by atoms with Crippen LogP contribution in [-0.4, -0.2) is 110 Å². The minimum absolute atomic E-state index is 0.0153. The Morgan fingerprint density at radius 3 is 2.58 bits per heavy atom. The summed E-state index contributed by atoms with van der Waals surface area (Å²) in [5.74, 6) is -0.832. The summed E-state index contributed by atoms with van der Waals surface area (Å²) in [4.78, 5) is 29.8. The van der Waals surface area contributed by atoms with Gasteiger partial charge in [0.05, 0.1) is 6.61 Å². The molecule has 1 heterocycles. The maximum atomic E-state index is 14.1. The van der Waals surface area contributed by atoms with Gasteiger partial charge in [-0.2, -0.15) is 0 Å². The van der Waals surface area contributed by atoms with E-state index >= 15 is 0 Å². The van der Waals surface area contributed by atoms with Crippen molar-refractivity contribution < 1.29 is 38.4 Å². The number of ether oxygens (including phenoxy) is 3. The van der Waals surface area contributed by atoms with E-state index in [4.69, 9.17) is 14.2 Å². The first-order valence-electron chi connectivity index (χ1n) is 13.1. The molecule has 1 aromatic rings. The average Bonchev–Trinajstić information content (AvgIpc) is 2.88. The van der Waals surface area contributed by atoms with Gasteiger partial charge in [-0.15, -0.1) is 0 Å². The van der Waals surface area contributed by atoms with E-state index in [0.29, 0.717) is 38.0 Å². The highest BCUT2D eigenvalue weighted by Crippen LogP contribution is 2.19. The molecular formula is C28H43FN2O7. The molecule has 9 nitrogen and oxygen atoms in total. The molecule has 0 saturated carbocycles. The monoisotopic (exact) mass is 538 g/mol. The summed E-state index contributed by atoms with van der Waals surface area (Å²) in [6, 6.07) is 5.86. The molecule has 214 valence electrons. The van der Waals surface area contributed by atoms with Crippen LogP contribution >= 0.6 is 0 Å². The number of methoxy groups -OCH3 is 2. The second-order valence-corrected chi connectivity index (χ2v) is 10.0. The smallest absolute Gasteiger partial charge is 0.248 e. The predicted octanol–water partition coefficient (Wildman–Crippen LogP) is 2.10. The number of aliphatic hydroxyl groups is 2. The highest BCUT2D eigenvalue weighted by Gasteiger charge is 2.33. The zero-order valence-corrected chi connectivity index (χ0v) is 22.9. The summed E-state index contributed by atoms with van der Waals surface area (Å²) in [6.07, 6.45) is 1.32. The van der Waals surface area contributed by atoms with E-state index in [9.17, 15) is 24.2 Å². The van der Waals surface area contributed by atoms with Crippen molar-refractivity contribution in [1.29, 1.82) is 0 Å². The molecule has 0 bridgehead atoms. The van der Waals surface area contributed by atoms with Crippen molar-refractivity contribution in [2.24, 2.45) is 5.92 Å². The van der Waals surface area contributed by atoms with E-state index in [2.05, 4.69) is 0 Å². The first kappa shape index (κ1) is 31.8. The second kappa shape index (κ2) is 16.6. The molecular weight excluding hydrogens is 495 g/mol. The number of aliphatic hydroxyl groups excluding tert-OH is 2. The molecule has 1 saturated heterocycles. The fourth-order valence-corrected chi connectivity index (χ4v) is 4.51. The minimum Gasteiger partial charge on any atom is -0.388 e. The second-order valence-electron chi connectivity index (χ2n) is 10.0. The number of carbonyl (C=O) groups is 2. The van der Waals surface area contributed by atoms with E-state index in [1.807, 2.05) is 13.8 Å². The third-order valence-corrected chi connectivity index (χ3v) is 6.53. The van der Waals surface area contributed by atoms with Gasteiger partial charge in [-0.1, -0.05) is 32.0 Å². The molecule has 1 aromatic carbocycles. The summed E-state index contributed by atoms with van der Waals surface area (Å²) in [7, 11) is 2.82. The molecule has 2 amide bonds. The maximum Gasteiger partial charge on any atom is 0.248 e. The summed E-state index contributed by atoms with van der Waals surface area (Å²) >= 11 is 0. The quantitative estimate of drug-likeness (QED) is 0.512. The van der Waals surface area contributed by atoms with E-state index in [-0.39, 0.29) is 50.1 Å². The molecule has 1 fully saturated rings. The molecule has 0 unspecified atom stereocenters. The zero-order chi connectivity index (χ0) is 28.1. The summed E-state index contributed by atoms with van der Waals surface area (Å²) in [6.45, 7) is 4.73. The Balaban J connectivity index is 2.42. The van der Waals surface area contributed by atoms with Crippen LogP contribution in [0.5, 0.6) is 0 Å². The van der Waals surface area contributed by atoms with E-state index in [0.717, 1.165) is 0 Å². The lowest BCUT2D eigenvalue weighted by Gasteiger charge is -2.38. The van der Waals surface area contributed by atoms with Gasteiger partial charge in [0.15, 0.2) is 0 Å². The van der Waals surface area contributed by atoms with Crippen LogP contribution in [0.4, 0.5) is 4.39 Å². The molecule has 2 rings (SSSR count). The van der Waals surface area contributed by atoms with Crippen LogP contribution < -0.4 is 0 Å². The summed E-state index contributed by atoms with van der Waals surface area (Å²) in [5, 5.41) is 21.1. The molecule has 0 spiro atoms. The number of carbonyl (C=O) groups excluding carboxylic acids is 2. The molecule has 1 aliphatic heterocycles. The van der Waals surface area contributed by atoms with Gasteiger partial charge in [0.2, 0.25) is 11.8 Å². The van der Waals surface area contributed by atoms with Crippen LogP contribution in [0, 0.1) is 11.7 Å². The Kier molecular flexibility index (Phi) is 13.9. The van der Waals surface area contributed by atoms with Gasteiger partial charge in [-0.05, 0) is 37.3 Å². The molecule has 0 aromatic heterocycles. The topological polar surface area (TPSA) is 109 Å². The van der Waals surface area contributed by atoms with Crippen molar-refractivity contribution in [2.45, 2.75) is 57.5 Å². The Bertz CT molecular complexity index is 898. The molecule has 0 aliphatic carbocycles. The van der Waals surface area contributed by atoms with E-state index in [1.54, 1.807) is 23.1 Å². The van der Waals surface area contributed by atoms with Crippen LogP contribution in [0.3, 0.4) is 0 Å². The number of hydrogen-bond acceptors (Lipinski definition) is 7. The van der Waals surface area contributed by atoms with Crippen molar-refractivity contribution in [1.82, 2.24) is 9.80 Å². The van der Waals surface area contributed by atoms with Gasteiger partial charge in [-0.25, -0.2) is 4.39 Å². The summed E-state index contributed by atoms with van der Waals surface area (Å²) in [5.41, 5.74) is 0.309. The molecule has 1 aliphatic rings. The van der Waals surface area contributed by atoms with Crippen LogP contribution in [0.1, 0.15) is 38.7 Å². The average molecular weight is 539 g/mol. The minimum atomic E-state index is -1.29. The highest BCUT2D eigenvalue weighted by atomic mass is 19.1. The Morgan fingerprint density at radius 1 is 1.18 bits per heavy atom. The number of benzene rings is 1. The van der Waals surface area contributed by atoms with Gasteiger partial charge in [0.25, 0.3) is 0 Å². The number of amides is 2. The van der Waals surface area contributed by atoms with Crippen molar-refractivity contribution in [2.75, 3.05) is 53.7 Å². The summed E-state index contributed by atoms with van der Waals surface area (Å²) < 4.78 is 30.2. The third kappa shape index (κ3) is 10.1.